The van der Waals surface area contributed by atoms with E-state index < -0.39 is 0 Å². The largest absolute Gasteiger partial charge is 0.450 e. The highest BCUT2D eigenvalue weighted by Crippen LogP contribution is 2.40. The van der Waals surface area contributed by atoms with Crippen molar-refractivity contribution in [2.45, 2.75) is 38.3 Å². The highest BCUT2D eigenvalue weighted by molar-refractivity contribution is 5.71. The van der Waals surface area contributed by atoms with Crippen LogP contribution in [0.25, 0.3) is 0 Å². The zero-order valence-electron chi connectivity index (χ0n) is 8.31. The van der Waals surface area contributed by atoms with Crippen LogP contribution in [0.5, 0.6) is 0 Å². The first-order chi connectivity index (χ1) is 6.77. The Bertz CT molecular complexity index is 254. The maximum absolute atomic E-state index is 11.6. The summed E-state index contributed by atoms with van der Waals surface area (Å²) in [5.74, 6) is 0.0400. The van der Waals surface area contributed by atoms with Gasteiger partial charge in [0.25, 0.3) is 0 Å². The topological polar surface area (TPSA) is 46.6 Å². The van der Waals surface area contributed by atoms with E-state index in [9.17, 15) is 9.59 Å². The third-order valence-electron chi connectivity index (χ3n) is 3.24. The molecule has 2 saturated heterocycles. The number of amides is 1. The summed E-state index contributed by atoms with van der Waals surface area (Å²) >= 11 is 0. The molecule has 2 heterocycles. The van der Waals surface area contributed by atoms with Crippen molar-refractivity contribution < 1.29 is 14.3 Å². The van der Waals surface area contributed by atoms with Gasteiger partial charge in [-0.15, -0.1) is 0 Å². The highest BCUT2D eigenvalue weighted by Gasteiger charge is 2.49. The van der Waals surface area contributed by atoms with Crippen molar-refractivity contribution in [3.63, 3.8) is 0 Å². The van der Waals surface area contributed by atoms with Gasteiger partial charge in [-0.3, -0.25) is 0 Å². The van der Waals surface area contributed by atoms with Gasteiger partial charge in [0.2, 0.25) is 0 Å². The van der Waals surface area contributed by atoms with E-state index in [0.29, 0.717) is 6.61 Å². The molecule has 0 radical (unpaired) electrons. The molecule has 0 aliphatic carbocycles. The van der Waals surface area contributed by atoms with Crippen LogP contribution in [0.1, 0.15) is 26.2 Å². The van der Waals surface area contributed by atoms with Crippen molar-refractivity contribution in [3.05, 3.63) is 0 Å². The first-order valence-electron chi connectivity index (χ1n) is 5.18. The lowest BCUT2D eigenvalue weighted by atomic mass is 9.90. The van der Waals surface area contributed by atoms with Crippen molar-refractivity contribution >= 4 is 12.4 Å². The summed E-state index contributed by atoms with van der Waals surface area (Å²) in [6.45, 7) is 2.20. The van der Waals surface area contributed by atoms with Crippen LogP contribution in [0.2, 0.25) is 0 Å². The zero-order valence-corrected chi connectivity index (χ0v) is 8.31. The van der Waals surface area contributed by atoms with E-state index in [1.165, 1.54) is 0 Å². The first-order valence-corrected chi connectivity index (χ1v) is 5.18. The van der Waals surface area contributed by atoms with E-state index in [2.05, 4.69) is 0 Å². The van der Waals surface area contributed by atoms with E-state index >= 15 is 0 Å². The van der Waals surface area contributed by atoms with Crippen molar-refractivity contribution in [2.24, 2.45) is 5.92 Å². The molecule has 2 fully saturated rings. The van der Waals surface area contributed by atoms with E-state index in [4.69, 9.17) is 4.74 Å². The normalized spacial score (nSPS) is 34.6. The number of ether oxygens (including phenoxy) is 1. The standard InChI is InChI=1S/C10H15NO3/c1-2-14-10(13)11-8-3-4-9(11)7(5-8)6-12/h6-9H,2-5H2,1H3/t7-,8+,9+/m1/s1. The molecule has 2 rings (SSSR count). The predicted octanol–water partition coefficient (Wildman–Crippen LogP) is 1.19. The summed E-state index contributed by atoms with van der Waals surface area (Å²) in [4.78, 5) is 24.1. The van der Waals surface area contributed by atoms with Gasteiger partial charge in [-0.1, -0.05) is 0 Å². The Hall–Kier alpha value is -1.06. The van der Waals surface area contributed by atoms with Crippen LogP contribution in [0.3, 0.4) is 0 Å². The van der Waals surface area contributed by atoms with Gasteiger partial charge in [0.15, 0.2) is 0 Å². The number of aldehydes is 1. The monoisotopic (exact) mass is 197 g/mol. The fourth-order valence-electron chi connectivity index (χ4n) is 2.66. The molecule has 4 nitrogen and oxygen atoms in total. The van der Waals surface area contributed by atoms with Gasteiger partial charge in [0.05, 0.1) is 6.61 Å². The van der Waals surface area contributed by atoms with E-state index in [-0.39, 0.29) is 24.1 Å². The van der Waals surface area contributed by atoms with Crippen LogP contribution >= 0.6 is 0 Å². The minimum Gasteiger partial charge on any atom is -0.450 e. The Kier molecular flexibility index (Phi) is 2.44. The fraction of sp³-hybridized carbons (Fsp3) is 0.800. The molecule has 78 valence electrons. The first kappa shape index (κ1) is 9.49. The third kappa shape index (κ3) is 1.29. The van der Waals surface area contributed by atoms with Gasteiger partial charge in [-0.05, 0) is 26.2 Å². The average molecular weight is 197 g/mol. The molecule has 0 N–H and O–H groups in total. The minimum atomic E-state index is -0.246. The maximum atomic E-state index is 11.6. The SMILES string of the molecule is CCOC(=O)N1[C@H]2CC[C@H]1[C@@H](C=O)C2. The van der Waals surface area contributed by atoms with Crippen LogP contribution in [0.15, 0.2) is 0 Å². The average Bonchev–Trinajstić information content (AvgIpc) is 2.74. The second-order valence-corrected chi connectivity index (χ2v) is 3.94. The predicted molar refractivity (Wildman–Crippen MR) is 49.8 cm³/mol. The molecule has 4 heteroatoms. The highest BCUT2D eigenvalue weighted by atomic mass is 16.6. The molecule has 2 aliphatic heterocycles. The van der Waals surface area contributed by atoms with Gasteiger partial charge in [-0.2, -0.15) is 0 Å². The summed E-state index contributed by atoms with van der Waals surface area (Å²) in [5.41, 5.74) is 0. The molecule has 14 heavy (non-hydrogen) atoms. The van der Waals surface area contributed by atoms with Crippen LogP contribution in [0.4, 0.5) is 4.79 Å². The molecule has 0 spiro atoms. The van der Waals surface area contributed by atoms with Crippen molar-refractivity contribution in [1.29, 1.82) is 0 Å². The molecule has 2 aliphatic rings. The second-order valence-electron chi connectivity index (χ2n) is 3.94. The molecule has 0 aromatic heterocycles. The lowest BCUT2D eigenvalue weighted by Crippen LogP contribution is -2.37. The quantitative estimate of drug-likeness (QED) is 0.625. The van der Waals surface area contributed by atoms with Gasteiger partial charge < -0.3 is 14.4 Å². The van der Waals surface area contributed by atoms with E-state index in [1.807, 2.05) is 0 Å². The Morgan fingerprint density at radius 3 is 2.93 bits per heavy atom. The van der Waals surface area contributed by atoms with Gasteiger partial charge in [0.1, 0.15) is 6.29 Å². The summed E-state index contributed by atoms with van der Waals surface area (Å²) in [5, 5.41) is 0. The molecule has 0 saturated carbocycles. The number of rotatable bonds is 2. The summed E-state index contributed by atoms with van der Waals surface area (Å²) in [7, 11) is 0. The molecule has 0 unspecified atom stereocenters. The molecular weight excluding hydrogens is 182 g/mol. The maximum Gasteiger partial charge on any atom is 0.410 e. The smallest absolute Gasteiger partial charge is 0.410 e. The lowest BCUT2D eigenvalue weighted by Gasteiger charge is -2.21. The Morgan fingerprint density at radius 2 is 2.36 bits per heavy atom. The molecule has 2 bridgehead atoms. The van der Waals surface area contributed by atoms with Crippen LogP contribution < -0.4 is 0 Å². The third-order valence-corrected chi connectivity index (χ3v) is 3.24. The molecule has 0 aromatic rings. The van der Waals surface area contributed by atoms with Crippen LogP contribution in [-0.4, -0.2) is 36.0 Å². The number of nitrogens with zero attached hydrogens (tertiary/aromatic N) is 1. The van der Waals surface area contributed by atoms with Gasteiger partial charge in [-0.25, -0.2) is 4.79 Å². The molecule has 1 amide bonds. The van der Waals surface area contributed by atoms with Crippen LogP contribution in [0, 0.1) is 5.92 Å². The fourth-order valence-corrected chi connectivity index (χ4v) is 2.66. The number of fused-ring (bicyclic) bond motifs is 2. The zero-order chi connectivity index (χ0) is 10.1. The second kappa shape index (κ2) is 3.59. The number of hydrogen-bond donors (Lipinski definition) is 0. The van der Waals surface area contributed by atoms with E-state index in [1.54, 1.807) is 11.8 Å². The van der Waals surface area contributed by atoms with Gasteiger partial charge >= 0.3 is 6.09 Å². The number of carbonyl (C=O) groups is 2. The Labute approximate surface area is 83.2 Å². The Morgan fingerprint density at radius 1 is 1.57 bits per heavy atom. The van der Waals surface area contributed by atoms with E-state index in [0.717, 1.165) is 25.5 Å². The van der Waals surface area contributed by atoms with Crippen molar-refractivity contribution in [1.82, 2.24) is 4.90 Å². The van der Waals surface area contributed by atoms with Crippen molar-refractivity contribution in [2.75, 3.05) is 6.61 Å². The molecule has 0 aromatic carbocycles. The molecular formula is C10H15NO3. The lowest BCUT2D eigenvalue weighted by molar-refractivity contribution is -0.111. The number of carbonyl (C=O) groups excluding carboxylic acids is 2. The summed E-state index contributed by atoms with van der Waals surface area (Å²) in [6.07, 6.45) is 3.54. The summed E-state index contributed by atoms with van der Waals surface area (Å²) in [6, 6.07) is 0.353. The molecule has 3 atom stereocenters. The minimum absolute atomic E-state index is 0.0400. The van der Waals surface area contributed by atoms with Crippen LogP contribution in [-0.2, 0) is 9.53 Å². The van der Waals surface area contributed by atoms with Gasteiger partial charge in [0, 0.05) is 18.0 Å². The Balaban J connectivity index is 2.07. The number of hydrogen-bond acceptors (Lipinski definition) is 3. The van der Waals surface area contributed by atoms with Crippen molar-refractivity contribution in [3.8, 4) is 0 Å². The summed E-state index contributed by atoms with van der Waals surface area (Å²) < 4.78 is 4.97.